The molecule has 0 aromatic carbocycles. The normalized spacial score (nSPS) is 21.0. The van der Waals surface area contributed by atoms with Gasteiger partial charge in [0.25, 0.3) is 0 Å². The van der Waals surface area contributed by atoms with E-state index in [9.17, 15) is 0 Å². The first-order chi connectivity index (χ1) is 7.38. The van der Waals surface area contributed by atoms with Crippen molar-refractivity contribution < 1.29 is 4.74 Å². The number of hydrogen-bond acceptors (Lipinski definition) is 3. The lowest BCUT2D eigenvalue weighted by atomic mass is 10.2. The number of hydrogen-bond donors (Lipinski definition) is 1. The first-order valence-corrected chi connectivity index (χ1v) is 5.66. The maximum atomic E-state index is 5.58. The Morgan fingerprint density at radius 2 is 2.60 bits per heavy atom. The molecule has 1 fully saturated rings. The number of nitrogens with one attached hydrogen (secondary N) is 1. The van der Waals surface area contributed by atoms with Crippen LogP contribution in [0.25, 0.3) is 0 Å². The van der Waals surface area contributed by atoms with Gasteiger partial charge in [-0.1, -0.05) is 0 Å². The number of rotatable bonds is 5. The number of aromatic nitrogens is 2. The lowest BCUT2D eigenvalue weighted by Crippen LogP contribution is -2.10. The summed E-state index contributed by atoms with van der Waals surface area (Å²) in [6.45, 7) is 2.79. The smallest absolute Gasteiger partial charge is 0.0593 e. The first kappa shape index (κ1) is 10.6. The number of nitrogens with zero attached hydrogens (tertiary/aromatic N) is 2. The fraction of sp³-hybridized carbons (Fsp3) is 0.727. The van der Waals surface area contributed by atoms with E-state index in [2.05, 4.69) is 16.6 Å². The lowest BCUT2D eigenvalue weighted by molar-refractivity contribution is 0.0994. The zero-order chi connectivity index (χ0) is 10.5. The zero-order valence-electron chi connectivity index (χ0n) is 9.28. The zero-order valence-corrected chi connectivity index (χ0v) is 9.28. The summed E-state index contributed by atoms with van der Waals surface area (Å²) in [6.07, 6.45) is 8.00. The van der Waals surface area contributed by atoms with Gasteiger partial charge in [-0.05, 0) is 26.3 Å². The van der Waals surface area contributed by atoms with Gasteiger partial charge < -0.3 is 10.1 Å². The molecule has 4 heteroatoms. The lowest BCUT2D eigenvalue weighted by Gasteiger charge is -2.08. The van der Waals surface area contributed by atoms with Gasteiger partial charge in [-0.2, -0.15) is 5.10 Å². The SMILES string of the molecule is CNCc1cnn(CCC2CCCO2)c1. The summed E-state index contributed by atoms with van der Waals surface area (Å²) >= 11 is 0. The third-order valence-corrected chi connectivity index (χ3v) is 2.77. The summed E-state index contributed by atoms with van der Waals surface area (Å²) in [7, 11) is 1.95. The monoisotopic (exact) mass is 209 g/mol. The highest BCUT2D eigenvalue weighted by Gasteiger charge is 2.15. The Labute approximate surface area is 90.6 Å². The second-order valence-corrected chi connectivity index (χ2v) is 4.07. The van der Waals surface area contributed by atoms with Crippen molar-refractivity contribution >= 4 is 0 Å². The van der Waals surface area contributed by atoms with Gasteiger partial charge in [-0.15, -0.1) is 0 Å². The third kappa shape index (κ3) is 3.04. The fourth-order valence-corrected chi connectivity index (χ4v) is 1.97. The molecule has 15 heavy (non-hydrogen) atoms. The molecular formula is C11H19N3O. The average molecular weight is 209 g/mol. The van der Waals surface area contributed by atoms with Crippen molar-refractivity contribution in [3.05, 3.63) is 18.0 Å². The molecular weight excluding hydrogens is 190 g/mol. The summed E-state index contributed by atoms with van der Waals surface area (Å²) in [5, 5.41) is 7.43. The van der Waals surface area contributed by atoms with Crippen LogP contribution < -0.4 is 5.32 Å². The average Bonchev–Trinajstić information content (AvgIpc) is 2.85. The third-order valence-electron chi connectivity index (χ3n) is 2.77. The Kier molecular flexibility index (Phi) is 3.75. The minimum absolute atomic E-state index is 0.460. The Bertz CT molecular complexity index is 292. The Balaban J connectivity index is 1.77. The van der Waals surface area contributed by atoms with E-state index in [1.54, 1.807) is 0 Å². The minimum atomic E-state index is 0.460. The number of ether oxygens (including phenoxy) is 1. The van der Waals surface area contributed by atoms with Crippen LogP contribution >= 0.6 is 0 Å². The van der Waals surface area contributed by atoms with Crippen molar-refractivity contribution in [2.24, 2.45) is 0 Å². The largest absolute Gasteiger partial charge is 0.378 e. The molecule has 84 valence electrons. The van der Waals surface area contributed by atoms with Crippen LogP contribution in [0.3, 0.4) is 0 Å². The number of aryl methyl sites for hydroxylation is 1. The van der Waals surface area contributed by atoms with Crippen molar-refractivity contribution in [2.75, 3.05) is 13.7 Å². The van der Waals surface area contributed by atoms with Gasteiger partial charge in [0.1, 0.15) is 0 Å². The van der Waals surface area contributed by atoms with E-state index in [1.165, 1.54) is 18.4 Å². The summed E-state index contributed by atoms with van der Waals surface area (Å²) in [5.74, 6) is 0. The topological polar surface area (TPSA) is 39.1 Å². The van der Waals surface area contributed by atoms with Crippen molar-refractivity contribution in [3.63, 3.8) is 0 Å². The fourth-order valence-electron chi connectivity index (χ4n) is 1.97. The molecule has 4 nitrogen and oxygen atoms in total. The van der Waals surface area contributed by atoms with E-state index in [1.807, 2.05) is 17.9 Å². The second-order valence-electron chi connectivity index (χ2n) is 4.07. The molecule has 2 heterocycles. The summed E-state index contributed by atoms with van der Waals surface area (Å²) in [4.78, 5) is 0. The maximum Gasteiger partial charge on any atom is 0.0593 e. The van der Waals surface area contributed by atoms with Crippen LogP contribution in [-0.4, -0.2) is 29.5 Å². The van der Waals surface area contributed by atoms with Crippen LogP contribution in [0.15, 0.2) is 12.4 Å². The highest BCUT2D eigenvalue weighted by atomic mass is 16.5. The summed E-state index contributed by atoms with van der Waals surface area (Å²) < 4.78 is 7.58. The molecule has 1 saturated heterocycles. The van der Waals surface area contributed by atoms with E-state index in [4.69, 9.17) is 4.74 Å². The standard InChI is InChI=1S/C11H19N3O/c1-12-7-10-8-13-14(9-10)5-4-11-3-2-6-15-11/h8-9,11-12H,2-7H2,1H3. The van der Waals surface area contributed by atoms with Gasteiger partial charge in [0, 0.05) is 31.5 Å². The van der Waals surface area contributed by atoms with Gasteiger partial charge in [-0.25, -0.2) is 0 Å². The van der Waals surface area contributed by atoms with Gasteiger partial charge in [0.15, 0.2) is 0 Å². The van der Waals surface area contributed by atoms with Crippen molar-refractivity contribution in [1.82, 2.24) is 15.1 Å². The minimum Gasteiger partial charge on any atom is -0.378 e. The molecule has 2 rings (SSSR count). The molecule has 0 spiro atoms. The molecule has 1 aromatic heterocycles. The van der Waals surface area contributed by atoms with Crippen molar-refractivity contribution in [2.45, 2.75) is 38.5 Å². The summed E-state index contributed by atoms with van der Waals surface area (Å²) in [5.41, 5.74) is 1.24. The van der Waals surface area contributed by atoms with E-state index in [0.29, 0.717) is 6.10 Å². The molecule has 0 aliphatic carbocycles. The second kappa shape index (κ2) is 5.28. The quantitative estimate of drug-likeness (QED) is 0.791. The Hall–Kier alpha value is -0.870. The predicted octanol–water partition coefficient (Wildman–Crippen LogP) is 1.17. The molecule has 1 aliphatic rings. The molecule has 1 aliphatic heterocycles. The van der Waals surface area contributed by atoms with Crippen LogP contribution in [0.1, 0.15) is 24.8 Å². The van der Waals surface area contributed by atoms with Crippen LogP contribution in [0.5, 0.6) is 0 Å². The van der Waals surface area contributed by atoms with Crippen LogP contribution in [0.4, 0.5) is 0 Å². The van der Waals surface area contributed by atoms with E-state index in [0.717, 1.165) is 26.1 Å². The predicted molar refractivity (Wildman–Crippen MR) is 58.6 cm³/mol. The molecule has 0 radical (unpaired) electrons. The van der Waals surface area contributed by atoms with Crippen LogP contribution in [0, 0.1) is 0 Å². The van der Waals surface area contributed by atoms with Gasteiger partial charge in [0.2, 0.25) is 0 Å². The summed E-state index contributed by atoms with van der Waals surface area (Å²) in [6, 6.07) is 0. The van der Waals surface area contributed by atoms with Crippen molar-refractivity contribution in [1.29, 1.82) is 0 Å². The highest BCUT2D eigenvalue weighted by molar-refractivity contribution is 5.02. The molecule has 1 atom stereocenters. The molecule has 0 bridgehead atoms. The Morgan fingerprint density at radius 1 is 1.67 bits per heavy atom. The van der Waals surface area contributed by atoms with Crippen molar-refractivity contribution in [3.8, 4) is 0 Å². The van der Waals surface area contributed by atoms with E-state index in [-0.39, 0.29) is 0 Å². The van der Waals surface area contributed by atoms with Crippen LogP contribution in [0.2, 0.25) is 0 Å². The van der Waals surface area contributed by atoms with Gasteiger partial charge in [-0.3, -0.25) is 4.68 Å². The molecule has 1 unspecified atom stereocenters. The first-order valence-electron chi connectivity index (χ1n) is 5.66. The highest BCUT2D eigenvalue weighted by Crippen LogP contribution is 2.15. The molecule has 1 N–H and O–H groups in total. The van der Waals surface area contributed by atoms with Gasteiger partial charge in [0.05, 0.1) is 12.3 Å². The van der Waals surface area contributed by atoms with E-state index < -0.39 is 0 Å². The molecule has 1 aromatic rings. The van der Waals surface area contributed by atoms with E-state index >= 15 is 0 Å². The molecule has 0 saturated carbocycles. The molecule has 0 amide bonds. The Morgan fingerprint density at radius 3 is 3.33 bits per heavy atom. The van der Waals surface area contributed by atoms with Crippen LogP contribution in [-0.2, 0) is 17.8 Å². The maximum absolute atomic E-state index is 5.58. The van der Waals surface area contributed by atoms with Gasteiger partial charge >= 0.3 is 0 Å².